The van der Waals surface area contributed by atoms with Gasteiger partial charge in [0.05, 0.1) is 18.7 Å². The maximum Gasteiger partial charge on any atom is 0.416 e. The van der Waals surface area contributed by atoms with Crippen LogP contribution in [0, 0.1) is 5.92 Å². The van der Waals surface area contributed by atoms with Gasteiger partial charge in [-0.2, -0.15) is 13.2 Å². The van der Waals surface area contributed by atoms with Gasteiger partial charge in [0.1, 0.15) is 6.54 Å². The minimum Gasteiger partial charge on any atom is -0.383 e. The highest BCUT2D eigenvalue weighted by Crippen LogP contribution is 2.30. The second-order valence-electron chi connectivity index (χ2n) is 9.91. The van der Waals surface area contributed by atoms with Crippen molar-refractivity contribution in [3.05, 3.63) is 95.3 Å². The molecule has 39 heavy (non-hydrogen) atoms. The summed E-state index contributed by atoms with van der Waals surface area (Å²) in [7, 11) is 1.55. The zero-order valence-corrected chi connectivity index (χ0v) is 22.7. The fourth-order valence-corrected chi connectivity index (χ4v) is 4.16. The van der Waals surface area contributed by atoms with Gasteiger partial charge >= 0.3 is 6.18 Å². The van der Waals surface area contributed by atoms with E-state index in [1.54, 1.807) is 12.0 Å². The first-order chi connectivity index (χ1) is 18.6. The van der Waals surface area contributed by atoms with Crippen LogP contribution in [0.4, 0.5) is 13.2 Å². The van der Waals surface area contributed by atoms with E-state index >= 15 is 0 Å². The van der Waals surface area contributed by atoms with Crippen LogP contribution < -0.4 is 0 Å². The molecule has 0 spiro atoms. The molecule has 0 saturated heterocycles. The molecule has 2 aromatic carbocycles. The first-order valence-corrected chi connectivity index (χ1v) is 13.0. The molecule has 0 aliphatic rings. The molecule has 0 unspecified atom stereocenters. The number of alkyl halides is 3. The quantitative estimate of drug-likeness (QED) is 0.277. The van der Waals surface area contributed by atoms with E-state index in [2.05, 4.69) is 4.57 Å². The predicted molar refractivity (Wildman–Crippen MR) is 144 cm³/mol. The number of ether oxygens (including phenoxy) is 1. The number of carbonyl (C=O) groups excluding carboxylic acids is 2. The molecule has 6 nitrogen and oxygen atoms in total. The van der Waals surface area contributed by atoms with E-state index in [0.717, 1.165) is 23.4 Å². The number of carbonyl (C=O) groups is 2. The van der Waals surface area contributed by atoms with Crippen LogP contribution in [-0.4, -0.2) is 59.5 Å². The molecular weight excluding hydrogens is 507 g/mol. The van der Waals surface area contributed by atoms with E-state index in [1.165, 1.54) is 17.0 Å². The average molecular weight is 544 g/mol. The third-order valence-electron chi connectivity index (χ3n) is 6.42. The standard InChI is InChI=1S/C30H36F3N3O3/c1-23(2)14-16-36(29(38)25-11-7-12-26(19-25)30(31,32)33)22-28(37)35(17-18-39-3)21-27-13-8-15-34(27)20-24-9-5-4-6-10-24/h4-13,15,19,23H,14,16-18,20-22H2,1-3H3. The molecule has 1 aromatic heterocycles. The zero-order chi connectivity index (χ0) is 28.4. The first kappa shape index (κ1) is 30.0. The zero-order valence-electron chi connectivity index (χ0n) is 22.7. The number of nitrogens with zero attached hydrogens (tertiary/aromatic N) is 3. The third kappa shape index (κ3) is 8.99. The Labute approximate surface area is 228 Å². The van der Waals surface area contributed by atoms with Gasteiger partial charge in [-0.3, -0.25) is 9.59 Å². The number of hydrogen-bond donors (Lipinski definition) is 0. The van der Waals surface area contributed by atoms with Gasteiger partial charge in [0.15, 0.2) is 0 Å². The largest absolute Gasteiger partial charge is 0.416 e. The maximum absolute atomic E-state index is 13.5. The van der Waals surface area contributed by atoms with Crippen LogP contribution in [0.3, 0.4) is 0 Å². The maximum atomic E-state index is 13.5. The number of halogens is 3. The van der Waals surface area contributed by atoms with Crippen LogP contribution in [0.2, 0.25) is 0 Å². The summed E-state index contributed by atoms with van der Waals surface area (Å²) < 4.78 is 47.1. The Morgan fingerprint density at radius 2 is 1.69 bits per heavy atom. The molecule has 0 bridgehead atoms. The summed E-state index contributed by atoms with van der Waals surface area (Å²) in [5.74, 6) is -0.666. The van der Waals surface area contributed by atoms with Gasteiger partial charge in [0.25, 0.3) is 5.91 Å². The fourth-order valence-electron chi connectivity index (χ4n) is 4.16. The highest BCUT2D eigenvalue weighted by molar-refractivity contribution is 5.96. The van der Waals surface area contributed by atoms with E-state index in [-0.39, 0.29) is 30.5 Å². The minimum absolute atomic E-state index is 0.0958. The van der Waals surface area contributed by atoms with Crippen LogP contribution in [0.25, 0.3) is 0 Å². The Morgan fingerprint density at radius 1 is 0.949 bits per heavy atom. The predicted octanol–water partition coefficient (Wildman–Crippen LogP) is 5.72. The normalized spacial score (nSPS) is 11.6. The lowest BCUT2D eigenvalue weighted by Crippen LogP contribution is -2.44. The van der Waals surface area contributed by atoms with Gasteiger partial charge < -0.3 is 19.1 Å². The van der Waals surface area contributed by atoms with Crippen molar-refractivity contribution >= 4 is 11.8 Å². The van der Waals surface area contributed by atoms with Crippen molar-refractivity contribution in [2.24, 2.45) is 5.92 Å². The van der Waals surface area contributed by atoms with Crippen LogP contribution >= 0.6 is 0 Å². The van der Waals surface area contributed by atoms with Crippen LogP contribution in [0.5, 0.6) is 0 Å². The molecule has 0 aliphatic carbocycles. The molecule has 0 saturated carbocycles. The molecule has 210 valence electrons. The Bertz CT molecular complexity index is 1210. The van der Waals surface area contributed by atoms with Gasteiger partial charge in [-0.05, 0) is 48.2 Å². The smallest absolute Gasteiger partial charge is 0.383 e. The van der Waals surface area contributed by atoms with Crippen molar-refractivity contribution in [1.82, 2.24) is 14.4 Å². The average Bonchev–Trinajstić information content (AvgIpc) is 3.34. The van der Waals surface area contributed by atoms with Crippen LogP contribution in [0.1, 0.15) is 47.4 Å². The molecule has 3 aromatic rings. The Kier molecular flexibility index (Phi) is 10.7. The van der Waals surface area contributed by atoms with Gasteiger partial charge in [-0.25, -0.2) is 0 Å². The molecule has 0 fully saturated rings. The number of benzene rings is 2. The van der Waals surface area contributed by atoms with Gasteiger partial charge in [0, 0.05) is 44.2 Å². The molecule has 3 rings (SSSR count). The summed E-state index contributed by atoms with van der Waals surface area (Å²) in [6, 6.07) is 18.2. The molecule has 2 amide bonds. The Morgan fingerprint density at radius 3 is 2.36 bits per heavy atom. The Balaban J connectivity index is 1.80. The van der Waals surface area contributed by atoms with E-state index < -0.39 is 17.6 Å². The van der Waals surface area contributed by atoms with Crippen molar-refractivity contribution in [1.29, 1.82) is 0 Å². The molecular formula is C30H36F3N3O3. The van der Waals surface area contributed by atoms with Crippen molar-refractivity contribution in [3.63, 3.8) is 0 Å². The second-order valence-corrected chi connectivity index (χ2v) is 9.91. The van der Waals surface area contributed by atoms with Crippen molar-refractivity contribution in [3.8, 4) is 0 Å². The SMILES string of the molecule is COCCN(Cc1cccn1Cc1ccccc1)C(=O)CN(CCC(C)C)C(=O)c1cccc(C(F)(F)F)c1. The van der Waals surface area contributed by atoms with E-state index in [0.29, 0.717) is 32.7 Å². The third-order valence-corrected chi connectivity index (χ3v) is 6.42. The minimum atomic E-state index is -4.57. The van der Waals surface area contributed by atoms with Gasteiger partial charge in [-0.15, -0.1) is 0 Å². The van der Waals surface area contributed by atoms with E-state index in [1.807, 2.05) is 62.5 Å². The fraction of sp³-hybridized carbons (Fsp3) is 0.400. The number of hydrogen-bond acceptors (Lipinski definition) is 3. The summed E-state index contributed by atoms with van der Waals surface area (Å²) in [6.07, 6.45) is -2.01. The van der Waals surface area contributed by atoms with E-state index in [9.17, 15) is 22.8 Å². The molecule has 1 heterocycles. The monoisotopic (exact) mass is 543 g/mol. The summed E-state index contributed by atoms with van der Waals surface area (Å²) in [6.45, 7) is 5.54. The summed E-state index contributed by atoms with van der Waals surface area (Å²) in [5.41, 5.74) is 1.04. The molecule has 0 radical (unpaired) electrons. The lowest BCUT2D eigenvalue weighted by Gasteiger charge is -2.28. The number of amides is 2. The number of methoxy groups -OCH3 is 1. The van der Waals surface area contributed by atoms with Gasteiger partial charge in [-0.1, -0.05) is 50.2 Å². The Hall–Kier alpha value is -3.59. The lowest BCUT2D eigenvalue weighted by atomic mass is 10.1. The van der Waals surface area contributed by atoms with Crippen LogP contribution in [-0.2, 0) is 28.8 Å². The lowest BCUT2D eigenvalue weighted by molar-refractivity contribution is -0.137. The van der Waals surface area contributed by atoms with E-state index in [4.69, 9.17) is 4.74 Å². The first-order valence-electron chi connectivity index (χ1n) is 13.0. The molecule has 0 atom stereocenters. The highest BCUT2D eigenvalue weighted by Gasteiger charge is 2.32. The number of aromatic nitrogens is 1. The summed E-state index contributed by atoms with van der Waals surface area (Å²) in [5, 5.41) is 0. The van der Waals surface area contributed by atoms with Crippen molar-refractivity contribution in [2.75, 3.05) is 33.4 Å². The number of rotatable bonds is 13. The molecule has 9 heteroatoms. The highest BCUT2D eigenvalue weighted by atomic mass is 19.4. The van der Waals surface area contributed by atoms with Crippen LogP contribution in [0.15, 0.2) is 72.9 Å². The van der Waals surface area contributed by atoms with Gasteiger partial charge in [0.2, 0.25) is 5.91 Å². The topological polar surface area (TPSA) is 54.8 Å². The summed E-state index contributed by atoms with van der Waals surface area (Å²) >= 11 is 0. The second kappa shape index (κ2) is 14.0. The molecule has 0 N–H and O–H groups in total. The van der Waals surface area contributed by atoms with Crippen molar-refractivity contribution in [2.45, 2.75) is 39.5 Å². The summed E-state index contributed by atoms with van der Waals surface area (Å²) in [4.78, 5) is 29.9. The van der Waals surface area contributed by atoms with Crippen molar-refractivity contribution < 1.29 is 27.5 Å². The molecule has 0 aliphatic heterocycles.